The maximum Gasteiger partial charge on any atom is 0.272 e. The molecule has 4 nitrogen and oxygen atoms in total. The molecule has 0 atom stereocenters. The minimum atomic E-state index is -0.161. The van der Waals surface area contributed by atoms with E-state index < -0.39 is 0 Å². The zero-order chi connectivity index (χ0) is 13.7. The Labute approximate surface area is 111 Å². The van der Waals surface area contributed by atoms with E-state index in [1.807, 2.05) is 19.3 Å². The summed E-state index contributed by atoms with van der Waals surface area (Å²) in [6.45, 7) is -0.161. The van der Waals surface area contributed by atoms with Crippen molar-refractivity contribution in [2.24, 2.45) is 7.05 Å². The number of carbonyl (C=O) groups excluding carboxylic acids is 1. The lowest BCUT2D eigenvalue weighted by atomic mass is 10.2. The minimum absolute atomic E-state index is 0.151. The number of carbonyl (C=O) groups is 1. The van der Waals surface area contributed by atoms with Crippen molar-refractivity contribution < 1.29 is 9.90 Å². The van der Waals surface area contributed by atoms with Crippen LogP contribution in [0.25, 0.3) is 0 Å². The number of rotatable bonds is 2. The smallest absolute Gasteiger partial charge is 0.272 e. The SMILES string of the molecule is Cn1cccc1C(=O)Nc1ccc(C#CCO)cc1. The summed E-state index contributed by atoms with van der Waals surface area (Å²) in [5, 5.41) is 11.4. The molecular formula is C15H14N2O2. The van der Waals surface area contributed by atoms with Gasteiger partial charge in [0.25, 0.3) is 5.91 Å². The van der Waals surface area contributed by atoms with Crippen LogP contribution < -0.4 is 5.32 Å². The van der Waals surface area contributed by atoms with E-state index in [1.165, 1.54) is 0 Å². The zero-order valence-corrected chi connectivity index (χ0v) is 10.6. The molecule has 0 aliphatic heterocycles. The van der Waals surface area contributed by atoms with E-state index in [2.05, 4.69) is 17.2 Å². The van der Waals surface area contributed by atoms with Crippen LogP contribution in [0.15, 0.2) is 42.6 Å². The van der Waals surface area contributed by atoms with Crippen LogP contribution in [-0.2, 0) is 7.05 Å². The average molecular weight is 254 g/mol. The van der Waals surface area contributed by atoms with Crippen LogP contribution in [0.5, 0.6) is 0 Å². The third kappa shape index (κ3) is 3.24. The van der Waals surface area contributed by atoms with E-state index in [-0.39, 0.29) is 12.5 Å². The third-order valence-electron chi connectivity index (χ3n) is 2.63. The second kappa shape index (κ2) is 5.89. The van der Waals surface area contributed by atoms with Crippen molar-refractivity contribution in [3.05, 3.63) is 53.9 Å². The number of aliphatic hydroxyl groups excluding tert-OH is 1. The van der Waals surface area contributed by atoms with Gasteiger partial charge in [0.1, 0.15) is 12.3 Å². The van der Waals surface area contributed by atoms with Gasteiger partial charge in [-0.1, -0.05) is 11.8 Å². The fourth-order valence-electron chi connectivity index (χ4n) is 1.67. The van der Waals surface area contributed by atoms with Gasteiger partial charge in [0.15, 0.2) is 0 Å². The molecule has 0 spiro atoms. The molecule has 0 unspecified atom stereocenters. The molecule has 1 aromatic carbocycles. The molecule has 0 radical (unpaired) electrons. The lowest BCUT2D eigenvalue weighted by Gasteiger charge is -2.06. The average Bonchev–Trinajstić information content (AvgIpc) is 2.84. The molecule has 4 heteroatoms. The number of aromatic nitrogens is 1. The van der Waals surface area contributed by atoms with Crippen LogP contribution in [0.4, 0.5) is 5.69 Å². The Balaban J connectivity index is 2.08. The van der Waals surface area contributed by atoms with Crippen molar-refractivity contribution in [1.82, 2.24) is 4.57 Å². The first-order valence-corrected chi connectivity index (χ1v) is 5.83. The second-order valence-electron chi connectivity index (χ2n) is 4.00. The van der Waals surface area contributed by atoms with Crippen LogP contribution in [0.1, 0.15) is 16.1 Å². The maximum absolute atomic E-state index is 12.0. The van der Waals surface area contributed by atoms with Gasteiger partial charge in [0.05, 0.1) is 0 Å². The highest BCUT2D eigenvalue weighted by Gasteiger charge is 2.08. The van der Waals surface area contributed by atoms with Crippen LogP contribution in [-0.4, -0.2) is 22.2 Å². The van der Waals surface area contributed by atoms with E-state index in [0.717, 1.165) is 5.56 Å². The Bertz CT molecular complexity index is 630. The largest absolute Gasteiger partial charge is 0.384 e. The number of benzene rings is 1. The molecule has 0 bridgehead atoms. The molecule has 0 saturated carbocycles. The first-order chi connectivity index (χ1) is 9.20. The van der Waals surface area contributed by atoms with Crippen LogP contribution in [0.2, 0.25) is 0 Å². The normalized spacial score (nSPS) is 9.58. The molecule has 1 amide bonds. The number of anilines is 1. The first kappa shape index (κ1) is 12.9. The molecule has 19 heavy (non-hydrogen) atoms. The quantitative estimate of drug-likeness (QED) is 0.800. The Morgan fingerprint density at radius 2 is 2.05 bits per heavy atom. The van der Waals surface area contributed by atoms with E-state index >= 15 is 0 Å². The number of hydrogen-bond acceptors (Lipinski definition) is 2. The molecule has 96 valence electrons. The number of hydrogen-bond donors (Lipinski definition) is 2. The Morgan fingerprint density at radius 3 is 2.63 bits per heavy atom. The Hall–Kier alpha value is -2.51. The summed E-state index contributed by atoms with van der Waals surface area (Å²) in [4.78, 5) is 12.0. The lowest BCUT2D eigenvalue weighted by Crippen LogP contribution is -2.15. The number of amides is 1. The van der Waals surface area contributed by atoms with Gasteiger partial charge in [-0.05, 0) is 36.4 Å². The molecule has 1 heterocycles. The van der Waals surface area contributed by atoms with Crippen LogP contribution in [0.3, 0.4) is 0 Å². The fourth-order valence-corrected chi connectivity index (χ4v) is 1.67. The van der Waals surface area contributed by atoms with Crippen molar-refractivity contribution in [3.8, 4) is 11.8 Å². The molecule has 0 saturated heterocycles. The molecule has 0 fully saturated rings. The van der Waals surface area contributed by atoms with E-state index in [9.17, 15) is 4.79 Å². The predicted octanol–water partition coefficient (Wildman–Crippen LogP) is 1.62. The standard InChI is InChI=1S/C15H14N2O2/c1-17-10-2-5-14(17)15(19)16-13-8-6-12(7-9-13)4-3-11-18/h2,5-10,18H,11H2,1H3,(H,16,19). The van der Waals surface area contributed by atoms with Crippen LogP contribution >= 0.6 is 0 Å². The van der Waals surface area contributed by atoms with Crippen molar-refractivity contribution in [3.63, 3.8) is 0 Å². The van der Waals surface area contributed by atoms with Crippen molar-refractivity contribution in [2.75, 3.05) is 11.9 Å². The van der Waals surface area contributed by atoms with E-state index in [0.29, 0.717) is 11.4 Å². The lowest BCUT2D eigenvalue weighted by molar-refractivity contribution is 0.101. The maximum atomic E-state index is 12.0. The van der Waals surface area contributed by atoms with Gasteiger partial charge in [-0.25, -0.2) is 0 Å². The summed E-state index contributed by atoms with van der Waals surface area (Å²) < 4.78 is 1.76. The Kier molecular flexibility index (Phi) is 4.01. The first-order valence-electron chi connectivity index (χ1n) is 5.83. The summed E-state index contributed by atoms with van der Waals surface area (Å²) >= 11 is 0. The van der Waals surface area contributed by atoms with Gasteiger partial charge in [-0.2, -0.15) is 0 Å². The summed E-state index contributed by atoms with van der Waals surface area (Å²) in [6, 6.07) is 10.7. The van der Waals surface area contributed by atoms with Crippen molar-refractivity contribution >= 4 is 11.6 Å². The predicted molar refractivity (Wildman–Crippen MR) is 73.8 cm³/mol. The van der Waals surface area contributed by atoms with E-state index in [1.54, 1.807) is 34.9 Å². The number of nitrogens with zero attached hydrogens (tertiary/aromatic N) is 1. The van der Waals surface area contributed by atoms with Crippen LogP contribution in [0, 0.1) is 11.8 Å². The molecule has 2 N–H and O–H groups in total. The summed E-state index contributed by atoms with van der Waals surface area (Å²) in [5.74, 6) is 5.21. The van der Waals surface area contributed by atoms with Gasteiger partial charge in [0, 0.05) is 24.5 Å². The summed E-state index contributed by atoms with van der Waals surface area (Å²) in [6.07, 6.45) is 1.82. The third-order valence-corrected chi connectivity index (χ3v) is 2.63. The second-order valence-corrected chi connectivity index (χ2v) is 4.00. The summed E-state index contributed by atoms with van der Waals surface area (Å²) in [7, 11) is 1.82. The Morgan fingerprint density at radius 1 is 1.32 bits per heavy atom. The topological polar surface area (TPSA) is 54.3 Å². The fraction of sp³-hybridized carbons (Fsp3) is 0.133. The highest BCUT2D eigenvalue weighted by atomic mass is 16.2. The molecule has 2 rings (SSSR count). The van der Waals surface area contributed by atoms with Gasteiger partial charge in [-0.15, -0.1) is 0 Å². The van der Waals surface area contributed by atoms with Gasteiger partial charge < -0.3 is 15.0 Å². The monoisotopic (exact) mass is 254 g/mol. The van der Waals surface area contributed by atoms with Gasteiger partial charge >= 0.3 is 0 Å². The minimum Gasteiger partial charge on any atom is -0.384 e. The molecule has 2 aromatic rings. The van der Waals surface area contributed by atoms with Gasteiger partial charge in [-0.3, -0.25) is 4.79 Å². The number of aryl methyl sites for hydroxylation is 1. The highest BCUT2D eigenvalue weighted by Crippen LogP contribution is 2.11. The number of aliphatic hydroxyl groups is 1. The highest BCUT2D eigenvalue weighted by molar-refractivity contribution is 6.03. The molecule has 1 aromatic heterocycles. The number of nitrogens with one attached hydrogen (secondary N) is 1. The molecule has 0 aliphatic carbocycles. The molecule has 0 aliphatic rings. The van der Waals surface area contributed by atoms with Crippen molar-refractivity contribution in [2.45, 2.75) is 0 Å². The zero-order valence-electron chi connectivity index (χ0n) is 10.6. The molecular weight excluding hydrogens is 240 g/mol. The van der Waals surface area contributed by atoms with Gasteiger partial charge in [0.2, 0.25) is 0 Å². The van der Waals surface area contributed by atoms with Crippen molar-refractivity contribution in [1.29, 1.82) is 0 Å². The summed E-state index contributed by atoms with van der Waals surface area (Å²) in [5.41, 5.74) is 2.11. The van der Waals surface area contributed by atoms with E-state index in [4.69, 9.17) is 5.11 Å².